The van der Waals surface area contributed by atoms with Gasteiger partial charge < -0.3 is 5.11 Å². The Kier molecular flexibility index (Phi) is 1.90. The highest BCUT2D eigenvalue weighted by atomic mass is 16.3. The van der Waals surface area contributed by atoms with Crippen LogP contribution in [0, 0.1) is 11.8 Å². The summed E-state index contributed by atoms with van der Waals surface area (Å²) in [6.45, 7) is 2.67. The molecule has 1 rings (SSSR count). The lowest BCUT2D eigenvalue weighted by Crippen LogP contribution is -1.99. The molecule has 0 aliphatic heterocycles. The van der Waals surface area contributed by atoms with Gasteiger partial charge in [0.15, 0.2) is 0 Å². The van der Waals surface area contributed by atoms with E-state index in [1.165, 1.54) is 19.3 Å². The van der Waals surface area contributed by atoms with Crippen LogP contribution in [-0.4, -0.2) is 11.7 Å². The number of hydrogen-bond donors (Lipinski definition) is 1. The molecule has 1 aliphatic rings. The van der Waals surface area contributed by atoms with Crippen molar-refractivity contribution >= 4 is 0 Å². The first kappa shape index (κ1) is 6.09. The van der Waals surface area contributed by atoms with Crippen LogP contribution in [0.25, 0.3) is 0 Å². The SMILES string of the molecule is C[C@H]1CC[C@H](CO)C1. The minimum Gasteiger partial charge on any atom is -0.396 e. The highest BCUT2D eigenvalue weighted by Gasteiger charge is 2.19. The van der Waals surface area contributed by atoms with E-state index in [1.807, 2.05) is 0 Å². The average molecular weight is 114 g/mol. The summed E-state index contributed by atoms with van der Waals surface area (Å²) in [5.74, 6) is 1.50. The Hall–Kier alpha value is -0.0400. The van der Waals surface area contributed by atoms with Gasteiger partial charge >= 0.3 is 0 Å². The number of hydrogen-bond acceptors (Lipinski definition) is 1. The zero-order valence-electron chi connectivity index (χ0n) is 5.43. The first-order valence-corrected chi connectivity index (χ1v) is 3.43. The summed E-state index contributed by atoms with van der Waals surface area (Å²) in [5, 5.41) is 8.68. The van der Waals surface area contributed by atoms with Gasteiger partial charge in [0.25, 0.3) is 0 Å². The van der Waals surface area contributed by atoms with E-state index in [0.29, 0.717) is 12.5 Å². The topological polar surface area (TPSA) is 20.2 Å². The minimum absolute atomic E-state index is 0.407. The Balaban J connectivity index is 2.22. The Morgan fingerprint density at radius 3 is 2.50 bits per heavy atom. The summed E-state index contributed by atoms with van der Waals surface area (Å²) in [4.78, 5) is 0. The van der Waals surface area contributed by atoms with Crippen LogP contribution < -0.4 is 0 Å². The molecule has 2 atom stereocenters. The third-order valence-electron chi connectivity index (χ3n) is 2.06. The van der Waals surface area contributed by atoms with E-state index >= 15 is 0 Å². The third-order valence-corrected chi connectivity index (χ3v) is 2.06. The quantitative estimate of drug-likeness (QED) is 0.546. The van der Waals surface area contributed by atoms with E-state index in [-0.39, 0.29) is 0 Å². The smallest absolute Gasteiger partial charge is 0.0459 e. The normalized spacial score (nSPS) is 38.2. The molecule has 0 aromatic rings. The van der Waals surface area contributed by atoms with Crippen molar-refractivity contribution in [2.45, 2.75) is 26.2 Å². The molecular weight excluding hydrogens is 100 g/mol. The van der Waals surface area contributed by atoms with Crippen molar-refractivity contribution in [3.63, 3.8) is 0 Å². The molecule has 0 amide bonds. The van der Waals surface area contributed by atoms with Crippen molar-refractivity contribution in [2.75, 3.05) is 6.61 Å². The molecule has 1 saturated carbocycles. The highest BCUT2D eigenvalue weighted by molar-refractivity contribution is 4.71. The second-order valence-corrected chi connectivity index (χ2v) is 2.97. The zero-order valence-corrected chi connectivity index (χ0v) is 5.43. The van der Waals surface area contributed by atoms with Crippen LogP contribution in [-0.2, 0) is 0 Å². The fraction of sp³-hybridized carbons (Fsp3) is 1.00. The molecule has 0 aromatic carbocycles. The second kappa shape index (κ2) is 2.49. The fourth-order valence-electron chi connectivity index (χ4n) is 1.49. The molecule has 0 heterocycles. The van der Waals surface area contributed by atoms with E-state index in [4.69, 9.17) is 5.11 Å². The van der Waals surface area contributed by atoms with E-state index in [1.54, 1.807) is 0 Å². The van der Waals surface area contributed by atoms with Crippen LogP contribution in [0.3, 0.4) is 0 Å². The maximum atomic E-state index is 8.68. The van der Waals surface area contributed by atoms with Crippen LogP contribution in [0.4, 0.5) is 0 Å². The largest absolute Gasteiger partial charge is 0.396 e. The van der Waals surface area contributed by atoms with Crippen molar-refractivity contribution in [1.82, 2.24) is 0 Å². The van der Waals surface area contributed by atoms with Crippen LogP contribution in [0.1, 0.15) is 26.2 Å². The predicted molar refractivity (Wildman–Crippen MR) is 33.6 cm³/mol. The van der Waals surface area contributed by atoms with Gasteiger partial charge in [-0.2, -0.15) is 0 Å². The van der Waals surface area contributed by atoms with Crippen LogP contribution in [0.15, 0.2) is 0 Å². The Bertz CT molecular complexity index is 70.8. The molecule has 0 spiro atoms. The second-order valence-electron chi connectivity index (χ2n) is 2.97. The molecule has 8 heavy (non-hydrogen) atoms. The number of aliphatic hydroxyl groups is 1. The van der Waals surface area contributed by atoms with E-state index in [0.717, 1.165) is 5.92 Å². The van der Waals surface area contributed by atoms with Gasteiger partial charge in [0, 0.05) is 6.61 Å². The van der Waals surface area contributed by atoms with Crippen molar-refractivity contribution in [1.29, 1.82) is 0 Å². The van der Waals surface area contributed by atoms with Gasteiger partial charge in [-0.3, -0.25) is 0 Å². The van der Waals surface area contributed by atoms with Crippen molar-refractivity contribution < 1.29 is 5.11 Å². The lowest BCUT2D eigenvalue weighted by molar-refractivity contribution is 0.227. The zero-order chi connectivity index (χ0) is 5.98. The van der Waals surface area contributed by atoms with Crippen LogP contribution in [0.5, 0.6) is 0 Å². The molecule has 0 saturated heterocycles. The highest BCUT2D eigenvalue weighted by Crippen LogP contribution is 2.29. The lowest BCUT2D eigenvalue weighted by Gasteiger charge is -2.01. The van der Waals surface area contributed by atoms with Gasteiger partial charge in [0.1, 0.15) is 0 Å². The van der Waals surface area contributed by atoms with E-state index in [9.17, 15) is 0 Å². The molecule has 1 nitrogen and oxygen atoms in total. The van der Waals surface area contributed by atoms with Gasteiger partial charge in [-0.15, -0.1) is 0 Å². The molecular formula is C7H14O. The minimum atomic E-state index is 0.407. The summed E-state index contributed by atoms with van der Waals surface area (Å²) < 4.78 is 0. The molecule has 1 fully saturated rings. The molecule has 48 valence electrons. The lowest BCUT2D eigenvalue weighted by atomic mass is 10.1. The van der Waals surface area contributed by atoms with E-state index < -0.39 is 0 Å². The molecule has 1 aliphatic carbocycles. The first-order chi connectivity index (χ1) is 3.83. The third kappa shape index (κ3) is 1.22. The van der Waals surface area contributed by atoms with Gasteiger partial charge in [-0.25, -0.2) is 0 Å². The van der Waals surface area contributed by atoms with Crippen molar-refractivity contribution in [3.05, 3.63) is 0 Å². The molecule has 0 radical (unpaired) electrons. The monoisotopic (exact) mass is 114 g/mol. The number of aliphatic hydroxyl groups excluding tert-OH is 1. The Morgan fingerprint density at radius 1 is 1.50 bits per heavy atom. The summed E-state index contributed by atoms with van der Waals surface area (Å²) >= 11 is 0. The van der Waals surface area contributed by atoms with Gasteiger partial charge in [-0.05, 0) is 24.7 Å². The summed E-state index contributed by atoms with van der Waals surface area (Å²) in [7, 11) is 0. The molecule has 0 bridgehead atoms. The average Bonchev–Trinajstić information content (AvgIpc) is 2.14. The van der Waals surface area contributed by atoms with Crippen molar-refractivity contribution in [3.8, 4) is 0 Å². The van der Waals surface area contributed by atoms with Crippen LogP contribution in [0.2, 0.25) is 0 Å². The van der Waals surface area contributed by atoms with Crippen LogP contribution >= 0.6 is 0 Å². The van der Waals surface area contributed by atoms with E-state index in [2.05, 4.69) is 6.92 Å². The summed E-state index contributed by atoms with van der Waals surface area (Å²) in [5.41, 5.74) is 0. The summed E-state index contributed by atoms with van der Waals surface area (Å²) in [6.07, 6.45) is 3.82. The summed E-state index contributed by atoms with van der Waals surface area (Å²) in [6, 6.07) is 0. The fourth-order valence-corrected chi connectivity index (χ4v) is 1.49. The molecule has 0 unspecified atom stereocenters. The predicted octanol–water partition coefficient (Wildman–Crippen LogP) is 1.41. The number of rotatable bonds is 1. The molecule has 0 aromatic heterocycles. The Morgan fingerprint density at radius 2 is 2.25 bits per heavy atom. The van der Waals surface area contributed by atoms with Gasteiger partial charge in [0.2, 0.25) is 0 Å². The molecule has 1 heteroatoms. The maximum absolute atomic E-state index is 8.68. The van der Waals surface area contributed by atoms with Crippen molar-refractivity contribution in [2.24, 2.45) is 11.8 Å². The van der Waals surface area contributed by atoms with Gasteiger partial charge in [-0.1, -0.05) is 13.3 Å². The molecule has 1 N–H and O–H groups in total. The van der Waals surface area contributed by atoms with Gasteiger partial charge in [0.05, 0.1) is 0 Å². The Labute approximate surface area is 50.7 Å². The maximum Gasteiger partial charge on any atom is 0.0459 e. The standard InChI is InChI=1S/C7H14O/c1-6-2-3-7(4-6)5-8/h6-8H,2-5H2,1H3/t6-,7-/m0/s1. The first-order valence-electron chi connectivity index (χ1n) is 3.43.